The van der Waals surface area contributed by atoms with Crippen LogP contribution in [-0.4, -0.2) is 41.5 Å². The van der Waals surface area contributed by atoms with Gasteiger partial charge < -0.3 is 14.8 Å². The SMILES string of the molecule is CS(=O)(=O)c1cc(C(=O)O)ccc1Oc1ccc(C(=O)Cc2ncc[nH]2)cc1. The molecule has 2 aromatic carbocycles. The molecule has 8 nitrogen and oxygen atoms in total. The monoisotopic (exact) mass is 400 g/mol. The smallest absolute Gasteiger partial charge is 0.335 e. The number of imidazole rings is 1. The Hall–Kier alpha value is -3.46. The molecule has 0 radical (unpaired) electrons. The van der Waals surface area contributed by atoms with Crippen LogP contribution < -0.4 is 4.74 Å². The average Bonchev–Trinajstić information content (AvgIpc) is 3.14. The van der Waals surface area contributed by atoms with E-state index in [-0.39, 0.29) is 28.4 Å². The largest absolute Gasteiger partial charge is 0.478 e. The van der Waals surface area contributed by atoms with Crippen molar-refractivity contribution in [1.29, 1.82) is 0 Å². The van der Waals surface area contributed by atoms with Gasteiger partial charge in [-0.25, -0.2) is 18.2 Å². The highest BCUT2D eigenvalue weighted by molar-refractivity contribution is 7.90. The van der Waals surface area contributed by atoms with E-state index in [1.54, 1.807) is 24.5 Å². The number of aromatic nitrogens is 2. The first-order chi connectivity index (χ1) is 13.2. The number of sulfone groups is 1. The Kier molecular flexibility index (Phi) is 5.27. The number of aromatic amines is 1. The van der Waals surface area contributed by atoms with Gasteiger partial charge in [-0.05, 0) is 42.5 Å². The zero-order valence-corrected chi connectivity index (χ0v) is 15.6. The molecule has 0 amide bonds. The van der Waals surface area contributed by atoms with E-state index in [2.05, 4.69) is 9.97 Å². The minimum Gasteiger partial charge on any atom is -0.478 e. The molecule has 1 aromatic heterocycles. The quantitative estimate of drug-likeness (QED) is 0.584. The third-order valence-electron chi connectivity index (χ3n) is 3.88. The first-order valence-electron chi connectivity index (χ1n) is 8.11. The van der Waals surface area contributed by atoms with Gasteiger partial charge in [0.15, 0.2) is 15.6 Å². The van der Waals surface area contributed by atoms with Crippen LogP contribution in [0.2, 0.25) is 0 Å². The van der Waals surface area contributed by atoms with Gasteiger partial charge in [0.1, 0.15) is 22.2 Å². The molecule has 0 aliphatic heterocycles. The summed E-state index contributed by atoms with van der Waals surface area (Å²) in [4.78, 5) is 30.0. The molecular formula is C19H16N2O6S. The lowest BCUT2D eigenvalue weighted by atomic mass is 10.1. The van der Waals surface area contributed by atoms with Gasteiger partial charge in [-0.2, -0.15) is 0 Å². The van der Waals surface area contributed by atoms with Crippen LogP contribution in [0.4, 0.5) is 0 Å². The molecule has 0 saturated carbocycles. The summed E-state index contributed by atoms with van der Waals surface area (Å²) in [5, 5.41) is 9.06. The maximum Gasteiger partial charge on any atom is 0.335 e. The minimum absolute atomic E-state index is 0.00200. The number of carboxylic acid groups (broad SMARTS) is 1. The number of Topliss-reactive ketones (excluding diaryl/α,β-unsaturated/α-hetero) is 1. The lowest BCUT2D eigenvalue weighted by Gasteiger charge is -2.11. The second-order valence-corrected chi connectivity index (χ2v) is 7.99. The number of nitrogens with zero attached hydrogens (tertiary/aromatic N) is 1. The second kappa shape index (κ2) is 7.65. The molecule has 3 aromatic rings. The average molecular weight is 400 g/mol. The number of rotatable bonds is 7. The van der Waals surface area contributed by atoms with Crippen LogP contribution in [0, 0.1) is 0 Å². The molecule has 0 atom stereocenters. The van der Waals surface area contributed by atoms with Gasteiger partial charge in [-0.3, -0.25) is 4.79 Å². The Labute approximate surface area is 160 Å². The molecular weight excluding hydrogens is 384 g/mol. The van der Waals surface area contributed by atoms with E-state index >= 15 is 0 Å². The molecule has 3 rings (SSSR count). The Balaban J connectivity index is 1.82. The van der Waals surface area contributed by atoms with Gasteiger partial charge in [0.25, 0.3) is 0 Å². The van der Waals surface area contributed by atoms with Crippen LogP contribution >= 0.6 is 0 Å². The Morgan fingerprint density at radius 1 is 1.11 bits per heavy atom. The predicted octanol–water partition coefficient (Wildman–Crippen LogP) is 2.73. The molecule has 0 spiro atoms. The molecule has 0 saturated heterocycles. The van der Waals surface area contributed by atoms with Crippen LogP contribution in [0.3, 0.4) is 0 Å². The highest BCUT2D eigenvalue weighted by Crippen LogP contribution is 2.30. The molecule has 0 unspecified atom stereocenters. The van der Waals surface area contributed by atoms with E-state index in [9.17, 15) is 18.0 Å². The van der Waals surface area contributed by atoms with Crippen molar-refractivity contribution in [3.05, 3.63) is 71.8 Å². The van der Waals surface area contributed by atoms with Crippen molar-refractivity contribution in [3.8, 4) is 11.5 Å². The van der Waals surface area contributed by atoms with E-state index in [1.165, 1.54) is 24.3 Å². The molecule has 144 valence electrons. The topological polar surface area (TPSA) is 126 Å². The van der Waals surface area contributed by atoms with E-state index in [1.807, 2.05) is 0 Å². The summed E-state index contributed by atoms with van der Waals surface area (Å²) >= 11 is 0. The fourth-order valence-electron chi connectivity index (χ4n) is 2.50. The third-order valence-corrected chi connectivity index (χ3v) is 5.00. The number of aromatic carboxylic acids is 1. The second-order valence-electron chi connectivity index (χ2n) is 6.00. The number of hydrogen-bond acceptors (Lipinski definition) is 6. The highest BCUT2D eigenvalue weighted by Gasteiger charge is 2.18. The van der Waals surface area contributed by atoms with Gasteiger partial charge in [0, 0.05) is 24.2 Å². The number of carbonyl (C=O) groups is 2. The maximum atomic E-state index is 12.2. The maximum absolute atomic E-state index is 12.2. The third kappa shape index (κ3) is 4.44. The number of nitrogens with one attached hydrogen (secondary N) is 1. The summed E-state index contributed by atoms with van der Waals surface area (Å²) < 4.78 is 29.6. The van der Waals surface area contributed by atoms with E-state index in [4.69, 9.17) is 9.84 Å². The number of ketones is 1. The summed E-state index contributed by atoms with van der Waals surface area (Å²) in [6.07, 6.45) is 4.29. The van der Waals surface area contributed by atoms with Crippen molar-refractivity contribution < 1.29 is 27.9 Å². The zero-order valence-electron chi connectivity index (χ0n) is 14.7. The van der Waals surface area contributed by atoms with Crippen molar-refractivity contribution in [2.75, 3.05) is 6.26 Å². The van der Waals surface area contributed by atoms with Gasteiger partial charge in [0.2, 0.25) is 0 Å². The van der Waals surface area contributed by atoms with E-state index < -0.39 is 15.8 Å². The van der Waals surface area contributed by atoms with Crippen molar-refractivity contribution in [2.24, 2.45) is 0 Å². The van der Waals surface area contributed by atoms with Gasteiger partial charge in [-0.1, -0.05) is 0 Å². The zero-order chi connectivity index (χ0) is 20.3. The van der Waals surface area contributed by atoms with Crippen molar-refractivity contribution >= 4 is 21.6 Å². The molecule has 2 N–H and O–H groups in total. The number of carbonyl (C=O) groups excluding carboxylic acids is 1. The Bertz CT molecular complexity index is 1120. The molecule has 1 heterocycles. The van der Waals surface area contributed by atoms with E-state index in [0.29, 0.717) is 17.1 Å². The fourth-order valence-corrected chi connectivity index (χ4v) is 3.32. The molecule has 28 heavy (non-hydrogen) atoms. The number of benzene rings is 2. The first-order valence-corrected chi connectivity index (χ1v) is 10.00. The van der Waals surface area contributed by atoms with E-state index in [0.717, 1.165) is 12.3 Å². The summed E-state index contributed by atoms with van der Waals surface area (Å²) in [6.45, 7) is 0. The highest BCUT2D eigenvalue weighted by atomic mass is 32.2. The molecule has 0 bridgehead atoms. The molecule has 0 aliphatic rings. The van der Waals surface area contributed by atoms with Crippen molar-refractivity contribution in [2.45, 2.75) is 11.3 Å². The number of ether oxygens (including phenoxy) is 1. The van der Waals surface area contributed by atoms with Gasteiger partial charge in [-0.15, -0.1) is 0 Å². The Morgan fingerprint density at radius 3 is 2.36 bits per heavy atom. The normalized spacial score (nSPS) is 11.2. The number of H-pyrrole nitrogens is 1. The standard InChI is InChI=1S/C19H16N2O6S/c1-28(25,26)17-10-13(19(23)24)4-7-16(17)27-14-5-2-12(3-6-14)15(22)11-18-20-8-9-21-18/h2-10H,11H2,1H3,(H,20,21)(H,23,24). The van der Waals surface area contributed by atoms with Crippen LogP contribution in [0.15, 0.2) is 59.8 Å². The van der Waals surface area contributed by atoms with Crippen LogP contribution in [0.25, 0.3) is 0 Å². The van der Waals surface area contributed by atoms with Crippen molar-refractivity contribution in [1.82, 2.24) is 9.97 Å². The van der Waals surface area contributed by atoms with Crippen molar-refractivity contribution in [3.63, 3.8) is 0 Å². The predicted molar refractivity (Wildman–Crippen MR) is 99.6 cm³/mol. The van der Waals surface area contributed by atoms with Gasteiger partial charge in [0.05, 0.1) is 12.0 Å². The van der Waals surface area contributed by atoms with Crippen LogP contribution in [0.5, 0.6) is 11.5 Å². The van der Waals surface area contributed by atoms with Gasteiger partial charge >= 0.3 is 5.97 Å². The molecule has 9 heteroatoms. The molecule has 0 fully saturated rings. The lowest BCUT2D eigenvalue weighted by Crippen LogP contribution is -2.05. The fraction of sp³-hybridized carbons (Fsp3) is 0.105. The summed E-state index contributed by atoms with van der Waals surface area (Å²) in [6, 6.07) is 9.79. The first kappa shape index (κ1) is 19.3. The number of hydrogen-bond donors (Lipinski definition) is 2. The van der Waals surface area contributed by atoms with Crippen LogP contribution in [0.1, 0.15) is 26.5 Å². The number of carboxylic acids is 1. The summed E-state index contributed by atoms with van der Waals surface area (Å²) in [7, 11) is -3.71. The molecule has 0 aliphatic carbocycles. The lowest BCUT2D eigenvalue weighted by molar-refractivity contribution is 0.0696. The summed E-state index contributed by atoms with van der Waals surface area (Å²) in [5.41, 5.74) is 0.292. The minimum atomic E-state index is -3.71. The van der Waals surface area contributed by atoms with Crippen LogP contribution in [-0.2, 0) is 16.3 Å². The summed E-state index contributed by atoms with van der Waals surface area (Å²) in [5.74, 6) is -0.508. The Morgan fingerprint density at radius 2 is 1.79 bits per heavy atom.